The number of rotatable bonds is 7. The lowest BCUT2D eigenvalue weighted by Crippen LogP contribution is -2.37. The maximum atomic E-state index is 15.1. The molecule has 3 N–H and O–H groups in total. The average molecular weight is 448 g/mol. The molecular formula is C20H23F3N8O. The maximum Gasteiger partial charge on any atom is 0.229 e. The van der Waals surface area contributed by atoms with Crippen LogP contribution in [-0.4, -0.2) is 52.3 Å². The van der Waals surface area contributed by atoms with E-state index < -0.39 is 23.0 Å². The van der Waals surface area contributed by atoms with E-state index in [0.29, 0.717) is 37.6 Å². The summed E-state index contributed by atoms with van der Waals surface area (Å²) in [5.41, 5.74) is 0.464. The van der Waals surface area contributed by atoms with Crippen LogP contribution in [0.1, 0.15) is 12.6 Å². The molecule has 0 bridgehead atoms. The van der Waals surface area contributed by atoms with Crippen LogP contribution in [0.15, 0.2) is 24.7 Å². The number of morpholine rings is 1. The summed E-state index contributed by atoms with van der Waals surface area (Å²) in [6.07, 6.45) is 5.68. The summed E-state index contributed by atoms with van der Waals surface area (Å²) in [6.45, 7) is 1.13. The molecule has 9 nitrogen and oxygen atoms in total. The van der Waals surface area contributed by atoms with Gasteiger partial charge in [0.2, 0.25) is 5.95 Å². The van der Waals surface area contributed by atoms with E-state index in [-0.39, 0.29) is 25.4 Å². The Labute approximate surface area is 183 Å². The predicted molar refractivity (Wildman–Crippen MR) is 115 cm³/mol. The largest absolute Gasteiger partial charge is 0.378 e. The number of hydrogen-bond donors (Lipinski definition) is 3. The summed E-state index contributed by atoms with van der Waals surface area (Å²) in [5, 5.41) is 17.3. The summed E-state index contributed by atoms with van der Waals surface area (Å²) in [7, 11) is 1.75. The zero-order valence-electron chi connectivity index (χ0n) is 17.2. The molecule has 1 aromatic carbocycles. The third-order valence-corrected chi connectivity index (χ3v) is 4.95. The molecule has 1 aliphatic heterocycles. The summed E-state index contributed by atoms with van der Waals surface area (Å²) < 4.78 is 50.7. The van der Waals surface area contributed by atoms with Crippen molar-refractivity contribution < 1.29 is 19.3 Å². The van der Waals surface area contributed by atoms with Gasteiger partial charge in [-0.25, -0.2) is 18.2 Å². The van der Waals surface area contributed by atoms with Gasteiger partial charge in [0, 0.05) is 58.3 Å². The van der Waals surface area contributed by atoms with Crippen molar-refractivity contribution in [1.29, 1.82) is 5.41 Å². The van der Waals surface area contributed by atoms with Crippen LogP contribution in [0.5, 0.6) is 0 Å². The zero-order valence-corrected chi connectivity index (χ0v) is 17.2. The number of ether oxygens (including phenoxy) is 1. The third kappa shape index (κ3) is 4.49. The molecule has 12 heteroatoms. The van der Waals surface area contributed by atoms with Crippen molar-refractivity contribution in [1.82, 2.24) is 19.7 Å². The van der Waals surface area contributed by atoms with E-state index in [4.69, 9.17) is 10.1 Å². The topological polar surface area (TPSA) is 104 Å². The Morgan fingerprint density at radius 1 is 1.22 bits per heavy atom. The second-order valence-corrected chi connectivity index (χ2v) is 7.11. The highest BCUT2D eigenvalue weighted by molar-refractivity contribution is 5.84. The first-order valence-electron chi connectivity index (χ1n) is 9.82. The maximum absolute atomic E-state index is 15.1. The molecule has 0 spiro atoms. The van der Waals surface area contributed by atoms with Crippen LogP contribution >= 0.6 is 0 Å². The molecule has 0 aliphatic carbocycles. The Morgan fingerprint density at radius 2 is 2.00 bits per heavy atom. The number of halogens is 3. The van der Waals surface area contributed by atoms with E-state index in [2.05, 4.69) is 25.7 Å². The van der Waals surface area contributed by atoms with Crippen LogP contribution in [0.3, 0.4) is 0 Å². The van der Waals surface area contributed by atoms with E-state index >= 15 is 4.39 Å². The number of nitrogens with zero attached hydrogens (tertiary/aromatic N) is 5. The average Bonchev–Trinajstić information content (AvgIpc) is 3.21. The van der Waals surface area contributed by atoms with Crippen molar-refractivity contribution in [2.75, 3.05) is 41.8 Å². The minimum Gasteiger partial charge on any atom is -0.378 e. The number of benzene rings is 1. The standard InChI is InChI=1S/C20H21F3N8O.H2/c1-30-11-13(9-27-30)28-20-26-8-12(7-24)19(29-20)25-10-14-17(22)15(21)6-16(18(14)23)31-2-4-32-5-3-31;/h6-9,11,24H,2-5,10H2,1H3,(H2,25,26,28,29);1H. The summed E-state index contributed by atoms with van der Waals surface area (Å²) in [4.78, 5) is 10.0. The Morgan fingerprint density at radius 3 is 2.69 bits per heavy atom. The molecular weight excluding hydrogens is 425 g/mol. The molecule has 32 heavy (non-hydrogen) atoms. The van der Waals surface area contributed by atoms with Crippen LogP contribution in [-0.2, 0) is 18.3 Å². The first-order chi connectivity index (χ1) is 15.5. The second-order valence-electron chi connectivity index (χ2n) is 7.11. The Hall–Kier alpha value is -3.67. The van der Waals surface area contributed by atoms with Crippen molar-refractivity contribution in [3.05, 3.63) is 53.2 Å². The molecule has 0 radical (unpaired) electrons. The van der Waals surface area contributed by atoms with Crippen LogP contribution < -0.4 is 15.5 Å². The molecule has 0 saturated carbocycles. The lowest BCUT2D eigenvalue weighted by Gasteiger charge is -2.29. The molecule has 0 unspecified atom stereocenters. The monoisotopic (exact) mass is 448 g/mol. The molecule has 1 aliphatic rings. The Bertz CT molecular complexity index is 1140. The highest BCUT2D eigenvalue weighted by atomic mass is 19.2. The molecule has 1 fully saturated rings. The summed E-state index contributed by atoms with van der Waals surface area (Å²) in [5.74, 6) is -2.90. The normalized spacial score (nSPS) is 13.8. The van der Waals surface area contributed by atoms with E-state index in [0.717, 1.165) is 12.3 Å². The van der Waals surface area contributed by atoms with Crippen LogP contribution in [0, 0.1) is 22.9 Å². The molecule has 3 aromatic rings. The van der Waals surface area contributed by atoms with Gasteiger partial charge < -0.3 is 25.7 Å². The number of nitrogens with one attached hydrogen (secondary N) is 3. The van der Waals surface area contributed by atoms with Gasteiger partial charge in [-0.1, -0.05) is 0 Å². The van der Waals surface area contributed by atoms with Crippen molar-refractivity contribution in [3.63, 3.8) is 0 Å². The first-order valence-corrected chi connectivity index (χ1v) is 9.82. The number of aromatic nitrogens is 4. The predicted octanol–water partition coefficient (Wildman–Crippen LogP) is 3.06. The second kappa shape index (κ2) is 9.22. The fourth-order valence-corrected chi connectivity index (χ4v) is 3.32. The molecule has 4 rings (SSSR count). The van der Waals surface area contributed by atoms with Gasteiger partial charge in [-0.3, -0.25) is 4.68 Å². The first kappa shape index (κ1) is 21.6. The van der Waals surface area contributed by atoms with Crippen LogP contribution in [0.2, 0.25) is 0 Å². The Kier molecular flexibility index (Phi) is 6.21. The van der Waals surface area contributed by atoms with E-state index in [9.17, 15) is 8.78 Å². The van der Waals surface area contributed by atoms with E-state index in [1.807, 2.05) is 0 Å². The number of hydrogen-bond acceptors (Lipinski definition) is 8. The highest BCUT2D eigenvalue weighted by Crippen LogP contribution is 2.29. The van der Waals surface area contributed by atoms with Crippen LogP contribution in [0.4, 0.5) is 36.3 Å². The quantitative estimate of drug-likeness (QED) is 0.377. The molecule has 3 heterocycles. The van der Waals surface area contributed by atoms with Gasteiger partial charge >= 0.3 is 0 Å². The van der Waals surface area contributed by atoms with Crippen molar-refractivity contribution in [2.24, 2.45) is 7.05 Å². The highest BCUT2D eigenvalue weighted by Gasteiger charge is 2.23. The van der Waals surface area contributed by atoms with Gasteiger partial charge in [-0.2, -0.15) is 10.1 Å². The lowest BCUT2D eigenvalue weighted by atomic mass is 10.1. The smallest absolute Gasteiger partial charge is 0.229 e. The minimum absolute atomic E-state index is 0. The van der Waals surface area contributed by atoms with Crippen molar-refractivity contribution in [3.8, 4) is 0 Å². The Balaban J connectivity index is 0.00000306. The lowest BCUT2D eigenvalue weighted by molar-refractivity contribution is 0.122. The van der Waals surface area contributed by atoms with E-state index in [1.165, 1.54) is 6.20 Å². The van der Waals surface area contributed by atoms with Crippen LogP contribution in [0.25, 0.3) is 0 Å². The molecule has 1 saturated heterocycles. The van der Waals surface area contributed by atoms with Gasteiger partial charge in [0.25, 0.3) is 0 Å². The summed E-state index contributed by atoms with van der Waals surface area (Å²) >= 11 is 0. The molecule has 0 amide bonds. The number of aryl methyl sites for hydroxylation is 1. The fraction of sp³-hybridized carbons (Fsp3) is 0.300. The fourth-order valence-electron chi connectivity index (χ4n) is 3.32. The summed E-state index contributed by atoms with van der Waals surface area (Å²) in [6, 6.07) is 0.864. The third-order valence-electron chi connectivity index (χ3n) is 4.95. The number of anilines is 4. The molecule has 170 valence electrons. The van der Waals surface area contributed by atoms with Gasteiger partial charge in [0.1, 0.15) is 5.82 Å². The van der Waals surface area contributed by atoms with Gasteiger partial charge in [-0.15, -0.1) is 0 Å². The van der Waals surface area contributed by atoms with Gasteiger partial charge in [0.05, 0.1) is 36.3 Å². The van der Waals surface area contributed by atoms with Gasteiger partial charge in [0.15, 0.2) is 17.5 Å². The van der Waals surface area contributed by atoms with Crippen molar-refractivity contribution in [2.45, 2.75) is 6.54 Å². The van der Waals surface area contributed by atoms with E-state index in [1.54, 1.807) is 29.0 Å². The molecule has 2 aromatic heterocycles. The molecule has 0 atom stereocenters. The SMILES string of the molecule is Cn1cc(Nc2ncc(C=N)c(NCc3c(F)c(F)cc(N4CCOCC4)c3F)n2)cn1.[HH]. The van der Waals surface area contributed by atoms with Crippen molar-refractivity contribution >= 4 is 29.4 Å². The zero-order chi connectivity index (χ0) is 22.7. The minimum atomic E-state index is -1.27. The van der Waals surface area contributed by atoms with Gasteiger partial charge in [-0.05, 0) is 0 Å².